The Labute approximate surface area is 143 Å². The molecule has 0 saturated heterocycles. The maximum atomic E-state index is 12.0. The van der Waals surface area contributed by atoms with Crippen LogP contribution in [0.2, 0.25) is 0 Å². The predicted molar refractivity (Wildman–Crippen MR) is 94.8 cm³/mol. The third-order valence-corrected chi connectivity index (χ3v) is 3.37. The van der Waals surface area contributed by atoms with Gasteiger partial charge in [0.2, 0.25) is 5.91 Å². The Morgan fingerprint density at radius 1 is 1.36 bits per heavy atom. The van der Waals surface area contributed by atoms with Gasteiger partial charge in [-0.1, -0.05) is 25.5 Å². The van der Waals surface area contributed by atoms with Crippen LogP contribution < -0.4 is 11.1 Å². The minimum Gasteiger partial charge on any atom is -0.354 e. The molecule has 0 aliphatic heterocycles. The molecule has 7 heteroatoms. The van der Waals surface area contributed by atoms with Gasteiger partial charge in [0.05, 0.1) is 16.6 Å². The van der Waals surface area contributed by atoms with E-state index < -0.39 is 5.54 Å². The SMILES string of the molecule is CCCC(C)(N)C(=O)NCCc1nc2ccccc2[nH]1.Cl.Cl. The van der Waals surface area contributed by atoms with E-state index in [1.54, 1.807) is 6.92 Å². The number of nitrogens with one attached hydrogen (secondary N) is 2. The Bertz CT molecular complexity index is 565. The average molecular weight is 347 g/mol. The molecule has 0 bridgehead atoms. The van der Waals surface area contributed by atoms with Crippen molar-refractivity contribution in [3.8, 4) is 0 Å². The number of hydrogen-bond acceptors (Lipinski definition) is 3. The number of H-pyrrole nitrogens is 1. The highest BCUT2D eigenvalue weighted by atomic mass is 35.5. The monoisotopic (exact) mass is 346 g/mol. The zero-order chi connectivity index (χ0) is 14.6. The Morgan fingerprint density at radius 2 is 2.05 bits per heavy atom. The highest BCUT2D eigenvalue weighted by molar-refractivity contribution is 5.86. The minimum atomic E-state index is -0.789. The molecule has 1 amide bonds. The van der Waals surface area contributed by atoms with Crippen LogP contribution in [0.15, 0.2) is 24.3 Å². The van der Waals surface area contributed by atoms with E-state index >= 15 is 0 Å². The van der Waals surface area contributed by atoms with Gasteiger partial charge in [0.25, 0.3) is 0 Å². The van der Waals surface area contributed by atoms with Gasteiger partial charge in [0.15, 0.2) is 0 Å². The zero-order valence-corrected chi connectivity index (χ0v) is 14.5. The van der Waals surface area contributed by atoms with Gasteiger partial charge in [-0.25, -0.2) is 4.98 Å². The number of aromatic nitrogens is 2. The number of rotatable bonds is 6. The topological polar surface area (TPSA) is 83.8 Å². The third kappa shape index (κ3) is 5.16. The molecule has 0 radical (unpaired) electrons. The van der Waals surface area contributed by atoms with Gasteiger partial charge >= 0.3 is 0 Å². The first kappa shape index (κ1) is 20.7. The first-order valence-corrected chi connectivity index (χ1v) is 7.04. The first-order valence-electron chi connectivity index (χ1n) is 7.04. The van der Waals surface area contributed by atoms with E-state index in [1.165, 1.54) is 0 Å². The van der Waals surface area contributed by atoms with Crippen molar-refractivity contribution in [1.82, 2.24) is 15.3 Å². The van der Waals surface area contributed by atoms with Gasteiger partial charge in [-0.3, -0.25) is 4.79 Å². The number of fused-ring (bicyclic) bond motifs is 1. The first-order chi connectivity index (χ1) is 9.53. The quantitative estimate of drug-likeness (QED) is 0.751. The number of benzene rings is 1. The van der Waals surface area contributed by atoms with Crippen molar-refractivity contribution in [3.05, 3.63) is 30.1 Å². The Hall–Kier alpha value is -1.30. The molecule has 5 nitrogen and oxygen atoms in total. The highest BCUT2D eigenvalue weighted by Crippen LogP contribution is 2.11. The van der Waals surface area contributed by atoms with Gasteiger partial charge in [-0.2, -0.15) is 0 Å². The average Bonchev–Trinajstić information content (AvgIpc) is 2.81. The number of hydrogen-bond donors (Lipinski definition) is 3. The standard InChI is InChI=1S/C15H22N4O.2ClH/c1-3-9-15(2,16)14(20)17-10-8-13-18-11-6-4-5-7-12(11)19-13;;/h4-7H,3,8-10,16H2,1-2H3,(H,17,20)(H,18,19);2*1H. The van der Waals surface area contributed by atoms with Crippen LogP contribution in [0.3, 0.4) is 0 Å². The summed E-state index contributed by atoms with van der Waals surface area (Å²) in [7, 11) is 0. The summed E-state index contributed by atoms with van der Waals surface area (Å²) in [6.07, 6.45) is 2.25. The lowest BCUT2D eigenvalue weighted by molar-refractivity contribution is -0.126. The minimum absolute atomic E-state index is 0. The Balaban J connectivity index is 0.00000220. The summed E-state index contributed by atoms with van der Waals surface area (Å²) >= 11 is 0. The highest BCUT2D eigenvalue weighted by Gasteiger charge is 2.26. The van der Waals surface area contributed by atoms with Crippen molar-refractivity contribution < 1.29 is 4.79 Å². The number of amides is 1. The lowest BCUT2D eigenvalue weighted by Crippen LogP contribution is -2.51. The second-order valence-corrected chi connectivity index (χ2v) is 5.37. The molecular weight excluding hydrogens is 323 g/mol. The number of halogens is 2. The molecule has 124 valence electrons. The number of aromatic amines is 1. The summed E-state index contributed by atoms with van der Waals surface area (Å²) in [5.41, 5.74) is 7.15. The van der Waals surface area contributed by atoms with Crippen molar-refractivity contribution in [2.45, 2.75) is 38.6 Å². The van der Waals surface area contributed by atoms with Crippen molar-refractivity contribution >= 4 is 41.8 Å². The van der Waals surface area contributed by atoms with E-state index in [9.17, 15) is 4.79 Å². The van der Waals surface area contributed by atoms with Crippen LogP contribution in [0.1, 0.15) is 32.5 Å². The van der Waals surface area contributed by atoms with E-state index in [0.717, 1.165) is 23.3 Å². The van der Waals surface area contributed by atoms with E-state index in [2.05, 4.69) is 15.3 Å². The van der Waals surface area contributed by atoms with Crippen molar-refractivity contribution in [2.24, 2.45) is 5.73 Å². The molecular formula is C15H24Cl2N4O. The number of imidazole rings is 1. The zero-order valence-electron chi connectivity index (χ0n) is 12.9. The van der Waals surface area contributed by atoms with E-state index in [1.807, 2.05) is 31.2 Å². The van der Waals surface area contributed by atoms with Crippen molar-refractivity contribution in [2.75, 3.05) is 6.54 Å². The fourth-order valence-electron chi connectivity index (χ4n) is 2.25. The van der Waals surface area contributed by atoms with Crippen LogP contribution in [0.25, 0.3) is 11.0 Å². The molecule has 0 aliphatic rings. The molecule has 4 N–H and O–H groups in total. The van der Waals surface area contributed by atoms with Gasteiger partial charge in [0.1, 0.15) is 5.82 Å². The molecule has 1 atom stereocenters. The largest absolute Gasteiger partial charge is 0.354 e. The normalized spacial score (nSPS) is 12.9. The van der Waals surface area contributed by atoms with Crippen LogP contribution in [0, 0.1) is 0 Å². The van der Waals surface area contributed by atoms with Crippen LogP contribution in [-0.2, 0) is 11.2 Å². The van der Waals surface area contributed by atoms with Crippen LogP contribution in [0.4, 0.5) is 0 Å². The second kappa shape index (κ2) is 8.98. The smallest absolute Gasteiger partial charge is 0.239 e. The Morgan fingerprint density at radius 3 is 2.68 bits per heavy atom. The molecule has 22 heavy (non-hydrogen) atoms. The van der Waals surface area contributed by atoms with E-state index in [-0.39, 0.29) is 30.7 Å². The fourth-order valence-corrected chi connectivity index (χ4v) is 2.25. The summed E-state index contributed by atoms with van der Waals surface area (Å²) in [6.45, 7) is 4.33. The molecule has 0 fully saturated rings. The molecule has 1 aromatic carbocycles. The van der Waals surface area contributed by atoms with Crippen LogP contribution in [-0.4, -0.2) is 28.0 Å². The number of para-hydroxylation sites is 2. The molecule has 0 aliphatic carbocycles. The molecule has 1 aromatic heterocycles. The van der Waals surface area contributed by atoms with Gasteiger partial charge in [-0.15, -0.1) is 24.8 Å². The number of nitrogens with two attached hydrogens (primary N) is 1. The molecule has 2 rings (SSSR count). The summed E-state index contributed by atoms with van der Waals surface area (Å²) in [4.78, 5) is 19.7. The van der Waals surface area contributed by atoms with Crippen molar-refractivity contribution in [3.63, 3.8) is 0 Å². The maximum Gasteiger partial charge on any atom is 0.239 e. The van der Waals surface area contributed by atoms with Gasteiger partial charge in [-0.05, 0) is 25.5 Å². The summed E-state index contributed by atoms with van der Waals surface area (Å²) in [5.74, 6) is 0.774. The summed E-state index contributed by atoms with van der Waals surface area (Å²) < 4.78 is 0. The lowest BCUT2D eigenvalue weighted by Gasteiger charge is -2.22. The van der Waals surface area contributed by atoms with E-state index in [0.29, 0.717) is 19.4 Å². The molecule has 1 unspecified atom stereocenters. The number of nitrogens with zero attached hydrogens (tertiary/aromatic N) is 1. The predicted octanol–water partition coefficient (Wildman–Crippen LogP) is 2.58. The van der Waals surface area contributed by atoms with Crippen molar-refractivity contribution in [1.29, 1.82) is 0 Å². The molecule has 0 saturated carbocycles. The van der Waals surface area contributed by atoms with Gasteiger partial charge in [0, 0.05) is 13.0 Å². The van der Waals surface area contributed by atoms with Gasteiger partial charge < -0.3 is 16.0 Å². The Kier molecular flexibility index (Phi) is 8.45. The summed E-state index contributed by atoms with van der Waals surface area (Å²) in [5, 5.41) is 2.88. The maximum absolute atomic E-state index is 12.0. The molecule has 0 spiro atoms. The van der Waals surface area contributed by atoms with Crippen LogP contribution in [0.5, 0.6) is 0 Å². The number of carbonyl (C=O) groups is 1. The summed E-state index contributed by atoms with van der Waals surface area (Å²) in [6, 6.07) is 7.88. The second-order valence-electron chi connectivity index (χ2n) is 5.37. The number of carbonyl (C=O) groups excluding carboxylic acids is 1. The van der Waals surface area contributed by atoms with Crippen LogP contribution >= 0.6 is 24.8 Å². The van der Waals surface area contributed by atoms with E-state index in [4.69, 9.17) is 5.73 Å². The molecule has 2 aromatic rings. The third-order valence-electron chi connectivity index (χ3n) is 3.37. The lowest BCUT2D eigenvalue weighted by atomic mass is 9.96. The molecule has 1 heterocycles. The fraction of sp³-hybridized carbons (Fsp3) is 0.467.